The highest BCUT2D eigenvalue weighted by atomic mass is 127. The first-order valence-electron chi connectivity index (χ1n) is 5.69. The fourth-order valence-corrected chi connectivity index (χ4v) is 4.86. The molecule has 108 valence electrons. The number of hydrogen-bond donors (Lipinski definition) is 0. The average Bonchev–Trinajstić information content (AvgIpc) is 2.87. The molecule has 7 heteroatoms. The number of benzene rings is 1. The molecule has 2 rings (SSSR count). The van der Waals surface area contributed by atoms with E-state index in [1.165, 1.54) is 11.8 Å². The SMILES string of the molecule is CN(C)C(=O)Sc1cc(=[N+](C)c2ccccc2)ss1.[I-]. The van der Waals surface area contributed by atoms with Gasteiger partial charge in [0.2, 0.25) is 5.69 Å². The Morgan fingerprint density at radius 3 is 2.45 bits per heavy atom. The van der Waals surface area contributed by atoms with Crippen LogP contribution in [-0.2, 0) is 0 Å². The molecule has 1 amide bonds. The first kappa shape index (κ1) is 17.7. The van der Waals surface area contributed by atoms with Crippen LogP contribution in [-0.4, -0.2) is 31.3 Å². The molecule has 0 saturated carbocycles. The second kappa shape index (κ2) is 8.16. The summed E-state index contributed by atoms with van der Waals surface area (Å²) in [5, 5.41) is 0.0583. The first-order chi connectivity index (χ1) is 9.08. The van der Waals surface area contributed by atoms with E-state index in [2.05, 4.69) is 22.8 Å². The molecule has 1 aromatic heterocycles. The Morgan fingerprint density at radius 2 is 1.85 bits per heavy atom. The van der Waals surface area contributed by atoms with Gasteiger partial charge in [-0.2, -0.15) is 4.58 Å². The molecule has 0 bridgehead atoms. The van der Waals surface area contributed by atoms with Crippen LogP contribution in [0.25, 0.3) is 0 Å². The standard InChI is InChI=1S/C13H15N2OS3.HI/c1-14(2)13(16)17-12-9-11(18-19-12)15(3)10-7-5-4-6-8-10;/h4-9H,1-3H3;1H/q+1;/p-1. The zero-order valence-corrected chi connectivity index (χ0v) is 16.0. The van der Waals surface area contributed by atoms with Crippen LogP contribution < -0.4 is 33.2 Å². The fraction of sp³-hybridized carbons (Fsp3) is 0.231. The molecule has 1 heterocycles. The van der Waals surface area contributed by atoms with Gasteiger partial charge >= 0.3 is 0 Å². The van der Waals surface area contributed by atoms with Gasteiger partial charge in [0.25, 0.3) is 9.91 Å². The van der Waals surface area contributed by atoms with Gasteiger partial charge in [-0.3, -0.25) is 4.79 Å². The minimum atomic E-state index is 0. The minimum Gasteiger partial charge on any atom is -1.00 e. The van der Waals surface area contributed by atoms with Crippen molar-refractivity contribution >= 4 is 43.4 Å². The van der Waals surface area contributed by atoms with Gasteiger partial charge in [-0.25, -0.2) is 0 Å². The Balaban J connectivity index is 0.00000200. The molecular formula is C13H15IN2OS3. The van der Waals surface area contributed by atoms with Crippen LogP contribution in [0.2, 0.25) is 0 Å². The number of carbonyl (C=O) groups excluding carboxylic acids is 1. The van der Waals surface area contributed by atoms with Crippen molar-refractivity contribution in [3.8, 4) is 0 Å². The van der Waals surface area contributed by atoms with Crippen LogP contribution in [0.3, 0.4) is 0 Å². The molecular weight excluding hydrogens is 423 g/mol. The highest BCUT2D eigenvalue weighted by molar-refractivity contribution is 8.15. The number of rotatable bonds is 2. The van der Waals surface area contributed by atoms with Gasteiger partial charge in [-0.1, -0.05) is 28.5 Å². The van der Waals surface area contributed by atoms with Crippen LogP contribution >= 0.6 is 32.4 Å². The molecule has 20 heavy (non-hydrogen) atoms. The third-order valence-corrected chi connectivity index (χ3v) is 6.38. The molecule has 0 radical (unpaired) electrons. The van der Waals surface area contributed by atoms with E-state index in [9.17, 15) is 4.79 Å². The van der Waals surface area contributed by atoms with E-state index in [-0.39, 0.29) is 29.2 Å². The maximum absolute atomic E-state index is 11.6. The van der Waals surface area contributed by atoms with Crippen molar-refractivity contribution in [2.24, 2.45) is 0 Å². The molecule has 3 nitrogen and oxygen atoms in total. The Labute approximate surface area is 147 Å². The van der Waals surface area contributed by atoms with Crippen molar-refractivity contribution in [2.75, 3.05) is 21.1 Å². The molecule has 0 N–H and O–H groups in total. The summed E-state index contributed by atoms with van der Waals surface area (Å²) >= 11 is 1.27. The first-order valence-corrected chi connectivity index (χ1v) is 8.65. The molecule has 0 atom stereocenters. The van der Waals surface area contributed by atoms with Crippen LogP contribution in [0.4, 0.5) is 10.5 Å². The van der Waals surface area contributed by atoms with Crippen molar-refractivity contribution in [1.29, 1.82) is 0 Å². The van der Waals surface area contributed by atoms with E-state index < -0.39 is 0 Å². The second-order valence-corrected chi connectivity index (χ2v) is 7.57. The Bertz CT molecular complexity index is 634. The van der Waals surface area contributed by atoms with Crippen molar-refractivity contribution in [3.63, 3.8) is 0 Å². The number of nitrogens with zero attached hydrogens (tertiary/aromatic N) is 2. The number of halogens is 1. The molecule has 1 aromatic carbocycles. The Morgan fingerprint density at radius 1 is 1.20 bits per heavy atom. The number of carbonyl (C=O) groups is 1. The number of hydrogen-bond acceptors (Lipinski definition) is 4. The van der Waals surface area contributed by atoms with Crippen LogP contribution in [0, 0.1) is 0 Å². The molecule has 2 aromatic rings. The smallest absolute Gasteiger partial charge is 0.286 e. The highest BCUT2D eigenvalue weighted by Gasteiger charge is 2.12. The predicted octanol–water partition coefficient (Wildman–Crippen LogP) is 0.321. The third-order valence-electron chi connectivity index (χ3n) is 2.48. The van der Waals surface area contributed by atoms with E-state index in [0.29, 0.717) is 0 Å². The summed E-state index contributed by atoms with van der Waals surface area (Å²) in [7, 11) is 8.89. The molecule has 0 aliphatic carbocycles. The van der Waals surface area contributed by atoms with Gasteiger partial charge in [-0.05, 0) is 22.1 Å². The number of para-hydroxylation sites is 1. The van der Waals surface area contributed by atoms with Crippen molar-refractivity contribution < 1.29 is 28.8 Å². The van der Waals surface area contributed by atoms with Gasteiger partial charge in [-0.15, -0.1) is 0 Å². The number of thioether (sulfide) groups is 1. The van der Waals surface area contributed by atoms with Crippen LogP contribution in [0.5, 0.6) is 0 Å². The van der Waals surface area contributed by atoms with E-state index >= 15 is 0 Å². The molecule has 0 aliphatic rings. The lowest BCUT2D eigenvalue weighted by atomic mass is 10.3. The summed E-state index contributed by atoms with van der Waals surface area (Å²) in [4.78, 5) is 13.2. The average molecular weight is 438 g/mol. The highest BCUT2D eigenvalue weighted by Crippen LogP contribution is 2.26. The summed E-state index contributed by atoms with van der Waals surface area (Å²) in [6, 6.07) is 12.3. The van der Waals surface area contributed by atoms with E-state index in [0.717, 1.165) is 14.6 Å². The summed E-state index contributed by atoms with van der Waals surface area (Å²) in [6.07, 6.45) is 0. The molecule has 0 aliphatic heterocycles. The second-order valence-electron chi connectivity index (χ2n) is 4.13. The summed E-state index contributed by atoms with van der Waals surface area (Å²) in [6.45, 7) is 0. The van der Waals surface area contributed by atoms with Crippen molar-refractivity contribution in [3.05, 3.63) is 41.1 Å². The van der Waals surface area contributed by atoms with Crippen molar-refractivity contribution in [1.82, 2.24) is 9.48 Å². The minimum absolute atomic E-state index is 0. The van der Waals surface area contributed by atoms with Crippen molar-refractivity contribution in [2.45, 2.75) is 4.21 Å². The zero-order chi connectivity index (χ0) is 13.8. The summed E-state index contributed by atoms with van der Waals surface area (Å²) in [5.41, 5.74) is 1.15. The number of amides is 1. The van der Waals surface area contributed by atoms with Crippen LogP contribution in [0.1, 0.15) is 0 Å². The fourth-order valence-electron chi connectivity index (χ4n) is 1.39. The normalized spacial score (nSPS) is 11.6. The maximum atomic E-state index is 11.6. The Hall–Kier alpha value is -0.380. The molecule has 0 fully saturated rings. The van der Waals surface area contributed by atoms with Gasteiger partial charge in [0.15, 0.2) is 0 Å². The van der Waals surface area contributed by atoms with E-state index in [1.54, 1.807) is 39.7 Å². The topological polar surface area (TPSA) is 23.3 Å². The maximum Gasteiger partial charge on any atom is 0.286 e. The summed E-state index contributed by atoms with van der Waals surface area (Å²) in [5.74, 6) is 0. The predicted molar refractivity (Wildman–Crippen MR) is 84.4 cm³/mol. The van der Waals surface area contributed by atoms with Gasteiger partial charge < -0.3 is 28.9 Å². The molecule has 0 spiro atoms. The monoisotopic (exact) mass is 438 g/mol. The lowest BCUT2D eigenvalue weighted by Gasteiger charge is -2.06. The van der Waals surface area contributed by atoms with Crippen LogP contribution in [0.15, 0.2) is 40.6 Å². The van der Waals surface area contributed by atoms with E-state index in [1.807, 2.05) is 25.2 Å². The third kappa shape index (κ3) is 4.57. The summed E-state index contributed by atoms with van der Waals surface area (Å²) < 4.78 is 4.30. The molecule has 0 saturated heterocycles. The quantitative estimate of drug-likeness (QED) is 0.292. The lowest BCUT2D eigenvalue weighted by Crippen LogP contribution is -3.00. The Kier molecular flexibility index (Phi) is 7.21. The van der Waals surface area contributed by atoms with E-state index in [4.69, 9.17) is 0 Å². The largest absolute Gasteiger partial charge is 1.00 e. The lowest BCUT2D eigenvalue weighted by molar-refractivity contribution is -0.00000643. The van der Waals surface area contributed by atoms with Gasteiger partial charge in [0, 0.05) is 32.3 Å². The zero-order valence-electron chi connectivity index (χ0n) is 11.4. The molecule has 0 unspecified atom stereocenters. The van der Waals surface area contributed by atoms with Gasteiger partial charge in [0.1, 0.15) is 7.05 Å². The van der Waals surface area contributed by atoms with Gasteiger partial charge in [0.05, 0.1) is 4.21 Å².